The molecule has 0 N–H and O–H groups in total. The Bertz CT molecular complexity index is 241. The molecule has 60 valence electrons. The topological polar surface area (TPSA) is 0 Å². The van der Waals surface area contributed by atoms with Crippen LogP contribution in [0.4, 0.5) is 0 Å². The van der Waals surface area contributed by atoms with Crippen molar-refractivity contribution in [1.29, 1.82) is 0 Å². The molecule has 0 aromatic heterocycles. The fourth-order valence-electron chi connectivity index (χ4n) is 1.42. The second-order valence-corrected chi connectivity index (χ2v) is 3.31. The van der Waals surface area contributed by atoms with Crippen molar-refractivity contribution in [3.8, 4) is 0 Å². The van der Waals surface area contributed by atoms with E-state index in [-0.39, 0.29) is 0 Å². The van der Waals surface area contributed by atoms with Gasteiger partial charge in [-0.15, -0.1) is 9.24 Å². The van der Waals surface area contributed by atoms with Gasteiger partial charge in [0.15, 0.2) is 0 Å². The number of hydrogen-bond acceptors (Lipinski definition) is 0. The van der Waals surface area contributed by atoms with Gasteiger partial charge in [-0.1, -0.05) is 32.0 Å². The minimum absolute atomic E-state index is 1.14. The number of benzene rings is 1. The van der Waals surface area contributed by atoms with E-state index >= 15 is 0 Å². The molecule has 0 radical (unpaired) electrons. The molecule has 0 spiro atoms. The van der Waals surface area contributed by atoms with Gasteiger partial charge in [0.25, 0.3) is 0 Å². The van der Waals surface area contributed by atoms with E-state index in [1.165, 1.54) is 16.4 Å². The summed E-state index contributed by atoms with van der Waals surface area (Å²) in [5, 5.41) is 1.35. The molecule has 0 heterocycles. The van der Waals surface area contributed by atoms with Crippen molar-refractivity contribution in [1.82, 2.24) is 0 Å². The summed E-state index contributed by atoms with van der Waals surface area (Å²) in [5.41, 5.74) is 2.99. The molecule has 0 amide bonds. The molecule has 1 rings (SSSR count). The zero-order valence-corrected chi connectivity index (χ0v) is 8.38. The highest BCUT2D eigenvalue weighted by Gasteiger charge is 1.99. The molecular weight excluding hydrogens is 151 g/mol. The molecule has 0 aliphatic heterocycles. The molecule has 1 atom stereocenters. The third kappa shape index (κ3) is 1.81. The Balaban J connectivity index is 3.13. The number of rotatable bonds is 2. The predicted octanol–water partition coefficient (Wildman–Crippen LogP) is 2.31. The van der Waals surface area contributed by atoms with Gasteiger partial charge in [-0.25, -0.2) is 0 Å². The molecule has 0 bridgehead atoms. The average Bonchev–Trinajstić information content (AvgIpc) is 2.04. The van der Waals surface area contributed by atoms with Gasteiger partial charge in [-0.3, -0.25) is 0 Å². The van der Waals surface area contributed by atoms with Gasteiger partial charge in [0, 0.05) is 0 Å². The Labute approximate surface area is 71.2 Å². The van der Waals surface area contributed by atoms with Crippen molar-refractivity contribution in [2.24, 2.45) is 0 Å². The first-order valence-electron chi connectivity index (χ1n) is 4.15. The highest BCUT2D eigenvalue weighted by atomic mass is 31.0. The lowest BCUT2D eigenvalue weighted by molar-refractivity contribution is 1.05. The predicted molar refractivity (Wildman–Crippen MR) is 54.5 cm³/mol. The van der Waals surface area contributed by atoms with Gasteiger partial charge in [-0.2, -0.15) is 0 Å². The van der Waals surface area contributed by atoms with Crippen LogP contribution in [-0.2, 0) is 12.8 Å². The summed E-state index contributed by atoms with van der Waals surface area (Å²) in [7, 11) is 2.79. The van der Waals surface area contributed by atoms with E-state index < -0.39 is 0 Å². The Kier molecular flexibility index (Phi) is 3.08. The molecule has 0 nitrogen and oxygen atoms in total. The van der Waals surface area contributed by atoms with E-state index in [2.05, 4.69) is 41.3 Å². The van der Waals surface area contributed by atoms with Crippen molar-refractivity contribution in [2.75, 3.05) is 0 Å². The van der Waals surface area contributed by atoms with Gasteiger partial charge in [0.2, 0.25) is 0 Å². The van der Waals surface area contributed by atoms with Crippen LogP contribution in [-0.4, -0.2) is 0 Å². The lowest BCUT2D eigenvalue weighted by atomic mass is 10.0. The fourth-order valence-corrected chi connectivity index (χ4v) is 1.92. The quantitative estimate of drug-likeness (QED) is 0.591. The van der Waals surface area contributed by atoms with Gasteiger partial charge >= 0.3 is 0 Å². The maximum Gasteiger partial charge on any atom is -0.0268 e. The van der Waals surface area contributed by atoms with E-state index in [9.17, 15) is 0 Å². The molecule has 11 heavy (non-hydrogen) atoms. The summed E-state index contributed by atoms with van der Waals surface area (Å²) in [6, 6.07) is 6.50. The highest BCUT2D eigenvalue weighted by molar-refractivity contribution is 7.27. The van der Waals surface area contributed by atoms with Crippen LogP contribution < -0.4 is 5.30 Å². The summed E-state index contributed by atoms with van der Waals surface area (Å²) in [4.78, 5) is 0. The monoisotopic (exact) mass is 166 g/mol. The summed E-state index contributed by atoms with van der Waals surface area (Å²) >= 11 is 0. The number of aryl methyl sites for hydroxylation is 1. The molecule has 1 aromatic rings. The summed E-state index contributed by atoms with van der Waals surface area (Å²) in [5.74, 6) is 0. The van der Waals surface area contributed by atoms with E-state index in [1.807, 2.05) is 0 Å². The first-order chi connectivity index (χ1) is 5.29. The molecule has 1 heteroatoms. The molecule has 1 aromatic carbocycles. The number of hydrogen-bond donors (Lipinski definition) is 0. The Morgan fingerprint density at radius 3 is 2.36 bits per heavy atom. The second kappa shape index (κ2) is 3.88. The molecular formula is C10H15P. The van der Waals surface area contributed by atoms with Gasteiger partial charge in [0.1, 0.15) is 0 Å². The van der Waals surface area contributed by atoms with Crippen LogP contribution in [0.5, 0.6) is 0 Å². The van der Waals surface area contributed by atoms with Crippen LogP contribution in [0.25, 0.3) is 0 Å². The van der Waals surface area contributed by atoms with Crippen LogP contribution in [0, 0.1) is 0 Å². The van der Waals surface area contributed by atoms with E-state index in [4.69, 9.17) is 0 Å². The van der Waals surface area contributed by atoms with E-state index in [0.717, 1.165) is 12.8 Å². The van der Waals surface area contributed by atoms with Crippen molar-refractivity contribution in [2.45, 2.75) is 26.7 Å². The van der Waals surface area contributed by atoms with Gasteiger partial charge in [-0.05, 0) is 29.3 Å². The molecule has 0 aliphatic carbocycles. The van der Waals surface area contributed by atoms with Crippen molar-refractivity contribution in [3.63, 3.8) is 0 Å². The van der Waals surface area contributed by atoms with E-state index in [1.54, 1.807) is 0 Å². The second-order valence-electron chi connectivity index (χ2n) is 2.69. The summed E-state index contributed by atoms with van der Waals surface area (Å²) in [6.45, 7) is 4.42. The molecule has 0 saturated heterocycles. The average molecular weight is 166 g/mol. The minimum atomic E-state index is 1.14. The Hall–Kier alpha value is -0.350. The molecule has 0 fully saturated rings. The van der Waals surface area contributed by atoms with Crippen molar-refractivity contribution in [3.05, 3.63) is 29.3 Å². The molecule has 0 aliphatic rings. The van der Waals surface area contributed by atoms with Crippen molar-refractivity contribution < 1.29 is 0 Å². The van der Waals surface area contributed by atoms with Crippen LogP contribution in [0.15, 0.2) is 18.2 Å². The fraction of sp³-hybridized carbons (Fsp3) is 0.400. The standard InChI is InChI=1S/C10H15P/c1-3-8-6-5-7-10(11)9(8)4-2/h5-7H,3-4,11H2,1-2H3. The highest BCUT2D eigenvalue weighted by Crippen LogP contribution is 2.10. The molecule has 0 saturated carbocycles. The third-order valence-electron chi connectivity index (χ3n) is 2.04. The van der Waals surface area contributed by atoms with Gasteiger partial charge < -0.3 is 0 Å². The zero-order valence-electron chi connectivity index (χ0n) is 7.22. The smallest absolute Gasteiger partial charge is 0.0268 e. The van der Waals surface area contributed by atoms with Crippen LogP contribution >= 0.6 is 9.24 Å². The largest absolute Gasteiger partial charge is 0.105 e. The lowest BCUT2D eigenvalue weighted by Crippen LogP contribution is -2.04. The SMILES string of the molecule is CCc1cccc(P)c1CC. The Morgan fingerprint density at radius 2 is 1.91 bits per heavy atom. The summed E-state index contributed by atoms with van der Waals surface area (Å²) in [6.07, 6.45) is 2.29. The van der Waals surface area contributed by atoms with Crippen LogP contribution in [0.2, 0.25) is 0 Å². The molecule has 1 unspecified atom stereocenters. The van der Waals surface area contributed by atoms with Crippen LogP contribution in [0.3, 0.4) is 0 Å². The van der Waals surface area contributed by atoms with Crippen LogP contribution in [0.1, 0.15) is 25.0 Å². The maximum atomic E-state index is 2.79. The first-order valence-corrected chi connectivity index (χ1v) is 4.73. The Morgan fingerprint density at radius 1 is 1.18 bits per heavy atom. The van der Waals surface area contributed by atoms with Gasteiger partial charge in [0.05, 0.1) is 0 Å². The maximum absolute atomic E-state index is 2.79. The first kappa shape index (κ1) is 8.74. The minimum Gasteiger partial charge on any atom is -0.105 e. The normalized spacial score (nSPS) is 10.1. The lowest BCUT2D eigenvalue weighted by Gasteiger charge is -2.07. The zero-order chi connectivity index (χ0) is 8.27. The van der Waals surface area contributed by atoms with E-state index in [0.29, 0.717) is 0 Å². The summed E-state index contributed by atoms with van der Waals surface area (Å²) < 4.78 is 0. The van der Waals surface area contributed by atoms with Crippen molar-refractivity contribution >= 4 is 14.5 Å². The third-order valence-corrected chi connectivity index (χ3v) is 2.58.